The Labute approximate surface area is 244 Å². The Morgan fingerprint density at radius 2 is 1.98 bits per heavy atom. The summed E-state index contributed by atoms with van der Waals surface area (Å²) < 4.78 is 54.8. The van der Waals surface area contributed by atoms with E-state index in [1.165, 1.54) is 12.3 Å². The third-order valence-corrected chi connectivity index (χ3v) is 7.28. The second kappa shape index (κ2) is 12.0. The number of anilines is 2. The second-order valence-electron chi connectivity index (χ2n) is 9.89. The fourth-order valence-corrected chi connectivity index (χ4v) is 4.90. The van der Waals surface area contributed by atoms with E-state index in [9.17, 15) is 13.2 Å². The smallest absolute Gasteiger partial charge is 0.416 e. The van der Waals surface area contributed by atoms with E-state index in [1.807, 2.05) is 7.05 Å². The molecule has 11 nitrogen and oxygen atoms in total. The molecular formula is C27H30ClF3N9O2+. The van der Waals surface area contributed by atoms with E-state index in [0.29, 0.717) is 17.0 Å². The highest BCUT2D eigenvalue weighted by molar-refractivity contribution is 6.36. The molecule has 0 amide bonds. The van der Waals surface area contributed by atoms with Crippen LogP contribution in [0.25, 0.3) is 11.2 Å². The van der Waals surface area contributed by atoms with Gasteiger partial charge in [0.05, 0.1) is 24.2 Å². The zero-order valence-corrected chi connectivity index (χ0v) is 23.8. The summed E-state index contributed by atoms with van der Waals surface area (Å²) in [5, 5.41) is 15.6. The van der Waals surface area contributed by atoms with Gasteiger partial charge in [-0.25, -0.2) is 9.98 Å². The first-order valence-electron chi connectivity index (χ1n) is 13.1. The molecule has 1 fully saturated rings. The predicted octanol–water partition coefficient (Wildman–Crippen LogP) is 3.76. The van der Waals surface area contributed by atoms with Crippen LogP contribution in [0.1, 0.15) is 18.4 Å². The molecular weight excluding hydrogens is 575 g/mol. The van der Waals surface area contributed by atoms with Crippen molar-refractivity contribution in [1.82, 2.24) is 24.8 Å². The number of imidazole rings is 1. The number of benzene rings is 1. The number of aryl methyl sites for hydroxylation is 1. The zero-order chi connectivity index (χ0) is 30.0. The number of piperidine rings is 1. The number of pyridine rings is 1. The quantitative estimate of drug-likeness (QED) is 0.228. The van der Waals surface area contributed by atoms with Crippen molar-refractivity contribution in [2.75, 3.05) is 32.5 Å². The first-order chi connectivity index (χ1) is 20.0. The van der Waals surface area contributed by atoms with Gasteiger partial charge in [-0.3, -0.25) is 5.32 Å². The number of rotatable bonds is 8. The van der Waals surface area contributed by atoms with E-state index >= 15 is 0 Å². The van der Waals surface area contributed by atoms with Gasteiger partial charge in [0.2, 0.25) is 11.7 Å². The lowest BCUT2D eigenvalue weighted by atomic mass is 10.1. The van der Waals surface area contributed by atoms with Gasteiger partial charge >= 0.3 is 6.18 Å². The van der Waals surface area contributed by atoms with Crippen LogP contribution in [0.15, 0.2) is 52.9 Å². The lowest BCUT2D eigenvalue weighted by molar-refractivity contribution is -0.529. The number of likely N-dealkylation sites (tertiary alicyclic amines) is 1. The summed E-state index contributed by atoms with van der Waals surface area (Å²) in [4.78, 5) is 15.2. The minimum atomic E-state index is -4.57. The molecule has 222 valence electrons. The van der Waals surface area contributed by atoms with Crippen molar-refractivity contribution in [3.63, 3.8) is 0 Å². The molecule has 0 bridgehead atoms. The van der Waals surface area contributed by atoms with Gasteiger partial charge in [0.25, 0.3) is 0 Å². The van der Waals surface area contributed by atoms with Gasteiger partial charge in [-0.05, 0) is 32.0 Å². The van der Waals surface area contributed by atoms with E-state index < -0.39 is 11.7 Å². The Morgan fingerprint density at radius 3 is 2.62 bits per heavy atom. The second-order valence-corrected chi connectivity index (χ2v) is 10.3. The SMILES string of the molecule is CNC1=C[NH2+]/C(=C(\C=N)Oc2cnc3nc(Nc4cc(OC5CCN(C)CC5)cc(C(F)(F)F)c4)n(C)c3c2Cl)C=N1. The minimum Gasteiger partial charge on any atom is -0.490 e. The van der Waals surface area contributed by atoms with E-state index in [1.54, 1.807) is 36.4 Å². The summed E-state index contributed by atoms with van der Waals surface area (Å²) in [6, 6.07) is 3.54. The number of aromatic nitrogens is 3. The van der Waals surface area contributed by atoms with Crippen LogP contribution in [0.2, 0.25) is 5.02 Å². The van der Waals surface area contributed by atoms with Crippen molar-refractivity contribution in [2.24, 2.45) is 12.0 Å². The van der Waals surface area contributed by atoms with Crippen molar-refractivity contribution < 1.29 is 28.0 Å². The van der Waals surface area contributed by atoms with Crippen LogP contribution in [-0.4, -0.2) is 65.2 Å². The van der Waals surface area contributed by atoms with Crippen molar-refractivity contribution in [1.29, 1.82) is 5.41 Å². The molecule has 0 aliphatic carbocycles. The Balaban J connectivity index is 1.43. The maximum absolute atomic E-state index is 13.8. The van der Waals surface area contributed by atoms with Gasteiger partial charge < -0.3 is 35.0 Å². The van der Waals surface area contributed by atoms with Crippen LogP contribution in [0, 0.1) is 5.41 Å². The number of nitrogens with zero attached hydrogens (tertiary/aromatic N) is 5. The first kappa shape index (κ1) is 29.4. The van der Waals surface area contributed by atoms with Gasteiger partial charge in [-0.2, -0.15) is 18.2 Å². The molecule has 1 aromatic carbocycles. The largest absolute Gasteiger partial charge is 0.490 e. The molecule has 2 aliphatic heterocycles. The van der Waals surface area contributed by atoms with Gasteiger partial charge in [-0.15, -0.1) is 0 Å². The topological polar surface area (TPSA) is 129 Å². The van der Waals surface area contributed by atoms with E-state index in [4.69, 9.17) is 26.5 Å². The number of quaternary nitrogens is 1. The van der Waals surface area contributed by atoms with Crippen LogP contribution >= 0.6 is 11.6 Å². The van der Waals surface area contributed by atoms with E-state index in [0.717, 1.165) is 44.3 Å². The fourth-order valence-electron chi connectivity index (χ4n) is 4.60. The molecule has 0 saturated carbocycles. The van der Waals surface area contributed by atoms with Crippen LogP contribution in [0.3, 0.4) is 0 Å². The van der Waals surface area contributed by atoms with Crippen molar-refractivity contribution in [2.45, 2.75) is 25.1 Å². The highest BCUT2D eigenvalue weighted by Crippen LogP contribution is 2.37. The van der Waals surface area contributed by atoms with Crippen molar-refractivity contribution >= 4 is 46.8 Å². The Morgan fingerprint density at radius 1 is 1.21 bits per heavy atom. The fraction of sp³-hybridized carbons (Fsp3) is 0.333. The number of aliphatic imine (C=N–C) groups is 1. The standard InChI is InChI=1S/C27H29ClF3N9O2/c1-33-22-14-34-19(12-35-22)20(11-32)42-21-13-36-25-24(23(21)28)40(3)26(38-25)37-16-8-15(27(29,30)31)9-18(10-16)41-17-4-6-39(2)7-5-17/h8-14,17,32-34H,4-7H2,1-3H3,(H,36,37,38)/p+1/b20-19+,32-11?. The zero-order valence-electron chi connectivity index (χ0n) is 23.1. The molecule has 42 heavy (non-hydrogen) atoms. The van der Waals surface area contributed by atoms with Crippen LogP contribution < -0.4 is 25.4 Å². The maximum atomic E-state index is 13.8. The molecule has 0 spiro atoms. The van der Waals surface area contributed by atoms with Gasteiger partial charge in [-0.1, -0.05) is 11.6 Å². The first-order valence-corrected chi connectivity index (χ1v) is 13.5. The van der Waals surface area contributed by atoms with Crippen LogP contribution in [-0.2, 0) is 13.2 Å². The van der Waals surface area contributed by atoms with Crippen LogP contribution in [0.5, 0.6) is 11.5 Å². The lowest BCUT2D eigenvalue weighted by Gasteiger charge is -2.29. The molecule has 4 heterocycles. The maximum Gasteiger partial charge on any atom is 0.416 e. The molecule has 0 atom stereocenters. The molecule has 2 aliphatic rings. The summed E-state index contributed by atoms with van der Waals surface area (Å²) in [5.41, 5.74) is 0.502. The molecule has 1 saturated heterocycles. The van der Waals surface area contributed by atoms with Crippen molar-refractivity contribution in [3.8, 4) is 11.5 Å². The van der Waals surface area contributed by atoms with Gasteiger partial charge in [0.1, 0.15) is 28.6 Å². The van der Waals surface area contributed by atoms with Gasteiger partial charge in [0, 0.05) is 38.9 Å². The number of hydrogen-bond donors (Lipinski definition) is 4. The third kappa shape index (κ3) is 6.35. The average Bonchev–Trinajstić information content (AvgIpc) is 3.28. The summed E-state index contributed by atoms with van der Waals surface area (Å²) in [5.74, 6) is 1.35. The molecule has 3 aromatic rings. The number of hydrogen-bond acceptors (Lipinski definition) is 9. The molecule has 0 radical (unpaired) electrons. The number of fused-ring (bicyclic) bond motifs is 1. The number of nitrogens with two attached hydrogens (primary N) is 1. The number of alkyl halides is 3. The summed E-state index contributed by atoms with van der Waals surface area (Å²) in [6.07, 6.45) is 2.41. The number of allylic oxidation sites excluding steroid dienone is 2. The lowest BCUT2D eigenvalue weighted by Crippen LogP contribution is -2.78. The van der Waals surface area contributed by atoms with E-state index in [-0.39, 0.29) is 45.7 Å². The summed E-state index contributed by atoms with van der Waals surface area (Å²) in [6.45, 7) is 1.62. The number of halogens is 4. The van der Waals surface area contributed by atoms with Crippen molar-refractivity contribution in [3.05, 3.63) is 58.5 Å². The number of nitrogens with one attached hydrogen (secondary N) is 3. The summed E-state index contributed by atoms with van der Waals surface area (Å²) in [7, 11) is 5.40. The number of ether oxygens (including phenoxy) is 2. The monoisotopic (exact) mass is 604 g/mol. The minimum absolute atomic E-state index is 0.124. The molecule has 15 heteroatoms. The molecule has 5 rings (SSSR count). The Bertz CT molecular complexity index is 1590. The highest BCUT2D eigenvalue weighted by atomic mass is 35.5. The molecule has 5 N–H and O–H groups in total. The normalized spacial score (nSPS) is 17.6. The average molecular weight is 605 g/mol. The Hall–Kier alpha value is -4.14. The van der Waals surface area contributed by atoms with Crippen LogP contribution in [0.4, 0.5) is 24.8 Å². The molecule has 2 aromatic heterocycles. The Kier molecular flexibility index (Phi) is 8.38. The van der Waals surface area contributed by atoms with Gasteiger partial charge in [0.15, 0.2) is 22.9 Å². The summed E-state index contributed by atoms with van der Waals surface area (Å²) >= 11 is 6.69. The van der Waals surface area contributed by atoms with E-state index in [2.05, 4.69) is 30.5 Å². The predicted molar refractivity (Wildman–Crippen MR) is 153 cm³/mol. The third-order valence-electron chi connectivity index (χ3n) is 6.92. The highest BCUT2D eigenvalue weighted by Gasteiger charge is 2.32. The molecule has 0 unspecified atom stereocenters.